The number of carbonyl (C=O) groups is 2. The first kappa shape index (κ1) is 22.8. The number of esters is 1. The van der Waals surface area contributed by atoms with Gasteiger partial charge in [0.15, 0.2) is 0 Å². The van der Waals surface area contributed by atoms with Crippen LogP contribution in [-0.4, -0.2) is 27.4 Å². The molecule has 1 heterocycles. The number of hydrogen-bond acceptors (Lipinski definition) is 6. The maximum atomic E-state index is 12.7. The molecule has 3 rings (SSSR count). The fraction of sp³-hybridized carbons (Fsp3) is 0.143. The highest BCUT2D eigenvalue weighted by atomic mass is 35.5. The van der Waals surface area contributed by atoms with Crippen LogP contribution in [0.25, 0.3) is 0 Å². The lowest BCUT2D eigenvalue weighted by Gasteiger charge is -2.13. The van der Waals surface area contributed by atoms with Crippen molar-refractivity contribution in [1.29, 1.82) is 0 Å². The van der Waals surface area contributed by atoms with Gasteiger partial charge < -0.3 is 10.1 Å². The van der Waals surface area contributed by atoms with Crippen LogP contribution in [0.15, 0.2) is 64.2 Å². The van der Waals surface area contributed by atoms with Crippen molar-refractivity contribution in [1.82, 2.24) is 5.32 Å². The van der Waals surface area contributed by atoms with Gasteiger partial charge in [-0.1, -0.05) is 23.7 Å². The Balaban J connectivity index is 1.82. The Morgan fingerprint density at radius 1 is 1.10 bits per heavy atom. The molecular weight excluding hydrogens is 460 g/mol. The van der Waals surface area contributed by atoms with E-state index in [0.29, 0.717) is 5.56 Å². The van der Waals surface area contributed by atoms with Gasteiger partial charge in [-0.3, -0.25) is 9.52 Å². The van der Waals surface area contributed by atoms with Crippen molar-refractivity contribution >= 4 is 50.5 Å². The van der Waals surface area contributed by atoms with Crippen LogP contribution in [0.1, 0.15) is 21.5 Å². The lowest BCUT2D eigenvalue weighted by Crippen LogP contribution is -2.24. The quantitative estimate of drug-likeness (QED) is 0.479. The third-order valence-electron chi connectivity index (χ3n) is 4.23. The summed E-state index contributed by atoms with van der Waals surface area (Å²) in [7, 11) is -2.77. The topological polar surface area (TPSA) is 102 Å². The summed E-state index contributed by atoms with van der Waals surface area (Å²) in [4.78, 5) is 24.1. The SMILES string of the molecule is COC(=O)c1cc(CNC(=O)Cc2ccsc2)cc(NS(=O)(=O)c2ccccc2Cl)c1. The molecule has 2 aromatic carbocycles. The smallest absolute Gasteiger partial charge is 0.337 e. The third-order valence-corrected chi connectivity index (χ3v) is 6.84. The van der Waals surface area contributed by atoms with E-state index in [-0.39, 0.29) is 40.0 Å². The van der Waals surface area contributed by atoms with Gasteiger partial charge in [0.25, 0.3) is 10.0 Å². The van der Waals surface area contributed by atoms with Gasteiger partial charge in [-0.15, -0.1) is 0 Å². The summed E-state index contributed by atoms with van der Waals surface area (Å²) in [5, 5.41) is 6.61. The zero-order valence-electron chi connectivity index (χ0n) is 16.4. The van der Waals surface area contributed by atoms with E-state index >= 15 is 0 Å². The standard InChI is InChI=1S/C21H19ClN2O5S2/c1-29-21(26)16-8-15(12-23-20(25)10-14-6-7-30-13-14)9-17(11-16)24-31(27,28)19-5-3-2-4-18(19)22/h2-9,11,13,24H,10,12H2,1H3,(H,23,25). The molecule has 0 fully saturated rings. The first-order chi connectivity index (χ1) is 14.8. The van der Waals surface area contributed by atoms with E-state index in [2.05, 4.69) is 10.0 Å². The van der Waals surface area contributed by atoms with Crippen molar-refractivity contribution in [2.75, 3.05) is 11.8 Å². The number of methoxy groups -OCH3 is 1. The molecule has 0 spiro atoms. The van der Waals surface area contributed by atoms with Crippen LogP contribution >= 0.6 is 22.9 Å². The first-order valence-corrected chi connectivity index (χ1v) is 11.9. The predicted octanol–water partition coefficient (Wildman–Crippen LogP) is 3.85. The Morgan fingerprint density at radius 2 is 1.87 bits per heavy atom. The summed E-state index contributed by atoms with van der Waals surface area (Å²) in [6.45, 7) is 0.106. The lowest BCUT2D eigenvalue weighted by atomic mass is 10.1. The molecule has 0 aliphatic rings. The Kier molecular flexibility index (Phi) is 7.32. The number of hydrogen-bond donors (Lipinski definition) is 2. The fourth-order valence-corrected chi connectivity index (χ4v) is 5.03. The monoisotopic (exact) mass is 478 g/mol. The molecule has 10 heteroatoms. The zero-order chi connectivity index (χ0) is 22.4. The molecule has 0 atom stereocenters. The number of ether oxygens (including phenoxy) is 1. The Hall–Kier alpha value is -2.88. The number of thiophene rings is 1. The minimum Gasteiger partial charge on any atom is -0.465 e. The summed E-state index contributed by atoms with van der Waals surface area (Å²) in [6, 6.07) is 12.3. The maximum Gasteiger partial charge on any atom is 0.337 e. The molecule has 0 saturated carbocycles. The summed E-state index contributed by atoms with van der Waals surface area (Å²) in [5.74, 6) is -0.829. The summed E-state index contributed by atoms with van der Waals surface area (Å²) < 4.78 is 32.7. The minimum atomic E-state index is -4.00. The molecule has 0 aliphatic carbocycles. The molecule has 162 valence electrons. The van der Waals surface area contributed by atoms with Gasteiger partial charge in [-0.25, -0.2) is 13.2 Å². The molecular formula is C21H19ClN2O5S2. The third kappa shape index (κ3) is 6.06. The second kappa shape index (κ2) is 9.95. The Bertz CT molecular complexity index is 1190. The van der Waals surface area contributed by atoms with Gasteiger partial charge in [0.05, 0.1) is 29.8 Å². The zero-order valence-corrected chi connectivity index (χ0v) is 18.8. The number of nitrogens with one attached hydrogen (secondary N) is 2. The number of sulfonamides is 1. The van der Waals surface area contributed by atoms with E-state index < -0.39 is 16.0 Å². The van der Waals surface area contributed by atoms with Gasteiger partial charge in [0, 0.05) is 6.54 Å². The van der Waals surface area contributed by atoms with Crippen LogP contribution in [0.4, 0.5) is 5.69 Å². The lowest BCUT2D eigenvalue weighted by molar-refractivity contribution is -0.120. The number of halogens is 1. The van der Waals surface area contributed by atoms with Crippen molar-refractivity contribution in [3.63, 3.8) is 0 Å². The molecule has 0 bridgehead atoms. The number of rotatable bonds is 8. The second-order valence-corrected chi connectivity index (χ2v) is 9.37. The number of carbonyl (C=O) groups excluding carboxylic acids is 2. The fourth-order valence-electron chi connectivity index (χ4n) is 2.80. The Morgan fingerprint density at radius 3 is 2.55 bits per heavy atom. The molecule has 0 saturated heterocycles. The van der Waals surface area contributed by atoms with Crippen LogP contribution in [0.5, 0.6) is 0 Å². The van der Waals surface area contributed by atoms with Crippen molar-refractivity contribution in [2.24, 2.45) is 0 Å². The molecule has 3 aromatic rings. The van der Waals surface area contributed by atoms with E-state index in [0.717, 1.165) is 5.56 Å². The second-order valence-electron chi connectivity index (χ2n) is 6.53. The molecule has 0 unspecified atom stereocenters. The average molecular weight is 479 g/mol. The first-order valence-electron chi connectivity index (χ1n) is 9.06. The molecule has 7 nitrogen and oxygen atoms in total. The van der Waals surface area contributed by atoms with Crippen LogP contribution in [-0.2, 0) is 32.5 Å². The summed E-state index contributed by atoms with van der Waals surface area (Å²) >= 11 is 7.52. The maximum absolute atomic E-state index is 12.7. The van der Waals surface area contributed by atoms with Crippen LogP contribution < -0.4 is 10.0 Å². The number of amides is 1. The van der Waals surface area contributed by atoms with E-state index in [1.807, 2.05) is 16.8 Å². The van der Waals surface area contributed by atoms with Crippen LogP contribution in [0, 0.1) is 0 Å². The van der Waals surface area contributed by atoms with Crippen molar-refractivity contribution in [2.45, 2.75) is 17.9 Å². The minimum absolute atomic E-state index is 0.0695. The summed E-state index contributed by atoms with van der Waals surface area (Å²) in [5.41, 5.74) is 1.71. The van der Waals surface area contributed by atoms with Crippen molar-refractivity contribution in [3.05, 3.63) is 81.0 Å². The molecule has 0 aliphatic heterocycles. The van der Waals surface area contributed by atoms with Gasteiger partial charge in [-0.2, -0.15) is 11.3 Å². The average Bonchev–Trinajstić information content (AvgIpc) is 3.24. The normalized spacial score (nSPS) is 11.0. The van der Waals surface area contributed by atoms with E-state index in [1.165, 1.54) is 48.8 Å². The van der Waals surface area contributed by atoms with Gasteiger partial charge >= 0.3 is 5.97 Å². The molecule has 2 N–H and O–H groups in total. The number of anilines is 1. The van der Waals surface area contributed by atoms with Crippen molar-refractivity contribution < 1.29 is 22.7 Å². The van der Waals surface area contributed by atoms with E-state index in [1.54, 1.807) is 12.1 Å². The van der Waals surface area contributed by atoms with Gasteiger partial charge in [0.1, 0.15) is 4.90 Å². The van der Waals surface area contributed by atoms with E-state index in [4.69, 9.17) is 16.3 Å². The van der Waals surface area contributed by atoms with E-state index in [9.17, 15) is 18.0 Å². The van der Waals surface area contributed by atoms with Gasteiger partial charge in [-0.05, 0) is 58.3 Å². The molecule has 0 radical (unpaired) electrons. The predicted molar refractivity (Wildman–Crippen MR) is 120 cm³/mol. The van der Waals surface area contributed by atoms with Crippen molar-refractivity contribution in [3.8, 4) is 0 Å². The molecule has 1 amide bonds. The number of benzene rings is 2. The molecule has 31 heavy (non-hydrogen) atoms. The highest BCUT2D eigenvalue weighted by Crippen LogP contribution is 2.25. The Labute approximate surface area is 189 Å². The highest BCUT2D eigenvalue weighted by molar-refractivity contribution is 7.92. The van der Waals surface area contributed by atoms with Crippen LogP contribution in [0.3, 0.4) is 0 Å². The largest absolute Gasteiger partial charge is 0.465 e. The summed E-state index contributed by atoms with van der Waals surface area (Å²) in [6.07, 6.45) is 0.228. The highest BCUT2D eigenvalue weighted by Gasteiger charge is 2.19. The molecule has 1 aromatic heterocycles. The van der Waals surface area contributed by atoms with Crippen LogP contribution in [0.2, 0.25) is 5.02 Å². The van der Waals surface area contributed by atoms with Gasteiger partial charge in [0.2, 0.25) is 5.91 Å².